The van der Waals surface area contributed by atoms with Crippen LogP contribution in [0.15, 0.2) is 49.6 Å². The van der Waals surface area contributed by atoms with Gasteiger partial charge in [0.05, 0.1) is 7.11 Å². The average molecular weight is 372 g/mol. The van der Waals surface area contributed by atoms with E-state index in [1.54, 1.807) is 13.8 Å². The maximum absolute atomic E-state index is 10.2. The molecule has 9 heteroatoms. The van der Waals surface area contributed by atoms with Crippen molar-refractivity contribution >= 4 is 23.8 Å². The maximum Gasteiger partial charge on any atom is 0.332 e. The monoisotopic (exact) mass is 372 g/mol. The highest BCUT2D eigenvalue weighted by Gasteiger charge is 1.96. The summed E-state index contributed by atoms with van der Waals surface area (Å²) >= 11 is 0. The molecule has 0 saturated carbocycles. The van der Waals surface area contributed by atoms with E-state index < -0.39 is 11.9 Å². The number of ether oxygens (including phenoxy) is 1. The van der Waals surface area contributed by atoms with E-state index in [0.717, 1.165) is 12.2 Å². The molecule has 2 amide bonds. The van der Waals surface area contributed by atoms with Crippen molar-refractivity contribution in [2.75, 3.05) is 13.8 Å². The van der Waals surface area contributed by atoms with Crippen molar-refractivity contribution < 1.29 is 34.1 Å². The molecule has 0 saturated heterocycles. The lowest BCUT2D eigenvalue weighted by molar-refractivity contribution is -0.136. The van der Waals surface area contributed by atoms with Gasteiger partial charge in [-0.2, -0.15) is 0 Å². The molecule has 0 rings (SSSR count). The number of hydrogen-bond acceptors (Lipinski definition) is 6. The number of carboxylic acid groups (broad SMARTS) is 1. The number of methoxy groups -OCH3 is 1. The van der Waals surface area contributed by atoms with E-state index in [1.807, 2.05) is 0 Å². The normalized spacial score (nSPS) is 7.54. The Morgan fingerprint density at radius 1 is 1.15 bits per heavy atom. The Hall–Kier alpha value is -3.20. The van der Waals surface area contributed by atoms with Gasteiger partial charge in [-0.15, -0.1) is 0 Å². The van der Waals surface area contributed by atoms with Crippen LogP contribution in [0, 0.1) is 0 Å². The van der Waals surface area contributed by atoms with Gasteiger partial charge in [0.1, 0.15) is 6.73 Å². The number of nitrogens with two attached hydrogens (primary N) is 1. The molecule has 0 aliphatic heterocycles. The van der Waals surface area contributed by atoms with Crippen LogP contribution in [0.4, 0.5) is 0 Å². The van der Waals surface area contributed by atoms with Crippen LogP contribution in [-0.2, 0) is 23.9 Å². The van der Waals surface area contributed by atoms with E-state index in [0.29, 0.717) is 12.0 Å². The second-order valence-corrected chi connectivity index (χ2v) is 4.04. The fourth-order valence-corrected chi connectivity index (χ4v) is 0.476. The number of carbonyl (C=O) groups excluding carboxylic acids is 3. The number of aliphatic carboxylic acids is 1. The predicted octanol–water partition coefficient (Wildman–Crippen LogP) is 0.669. The smallest absolute Gasteiger partial charge is 0.332 e. The van der Waals surface area contributed by atoms with Crippen LogP contribution in [0.2, 0.25) is 0 Å². The molecule has 26 heavy (non-hydrogen) atoms. The van der Waals surface area contributed by atoms with Crippen LogP contribution >= 0.6 is 0 Å². The van der Waals surface area contributed by atoms with Gasteiger partial charge in [0.2, 0.25) is 11.8 Å². The fourth-order valence-electron chi connectivity index (χ4n) is 0.476. The molecule has 9 nitrogen and oxygen atoms in total. The summed E-state index contributed by atoms with van der Waals surface area (Å²) in [6.45, 7) is 15.9. The van der Waals surface area contributed by atoms with Crippen LogP contribution in [0.25, 0.3) is 0 Å². The molecular weight excluding hydrogens is 344 g/mol. The average Bonchev–Trinajstić information content (AvgIpc) is 2.61. The summed E-state index contributed by atoms with van der Waals surface area (Å²) in [7, 11) is 1.33. The van der Waals surface area contributed by atoms with Crippen molar-refractivity contribution in [3.63, 3.8) is 0 Å². The first-order chi connectivity index (χ1) is 11.9. The van der Waals surface area contributed by atoms with Crippen molar-refractivity contribution in [1.82, 2.24) is 5.32 Å². The number of amides is 2. The maximum atomic E-state index is 10.2. The standard InChI is InChI=1S/2C5H8O2.C4H7NO2.C3H5NO/c1-4(2)5(6)7-3;1-3-4(2)5(6)7;1-2-4(7)5-3-6;1-2-3(4)5/h1H2,2-3H3;2-3H2,1H3,(H,6,7);2,6H,1,3H2,(H,5,7);2H,1H2,(H2,4,5). The molecule has 0 atom stereocenters. The number of aliphatic hydroxyl groups excluding tert-OH is 1. The van der Waals surface area contributed by atoms with E-state index in [-0.39, 0.29) is 24.2 Å². The third-order valence-corrected chi connectivity index (χ3v) is 1.90. The van der Waals surface area contributed by atoms with E-state index in [2.05, 4.69) is 42.1 Å². The molecule has 0 unspecified atom stereocenters. The molecule has 0 aromatic heterocycles. The third kappa shape index (κ3) is 32.7. The summed E-state index contributed by atoms with van der Waals surface area (Å²) in [6.07, 6.45) is 2.67. The van der Waals surface area contributed by atoms with E-state index in [4.69, 9.17) is 10.2 Å². The lowest BCUT2D eigenvalue weighted by Crippen LogP contribution is -2.20. The summed E-state index contributed by atoms with van der Waals surface area (Å²) in [4.78, 5) is 39.5. The van der Waals surface area contributed by atoms with Crippen LogP contribution in [-0.4, -0.2) is 47.8 Å². The molecule has 5 N–H and O–H groups in total. The summed E-state index contributed by atoms with van der Waals surface area (Å²) in [5.74, 6) is -2.09. The first-order valence-corrected chi connectivity index (χ1v) is 7.02. The van der Waals surface area contributed by atoms with Crippen molar-refractivity contribution in [1.29, 1.82) is 0 Å². The first kappa shape index (κ1) is 30.7. The van der Waals surface area contributed by atoms with Crippen molar-refractivity contribution in [3.8, 4) is 0 Å². The van der Waals surface area contributed by atoms with E-state index in [1.165, 1.54) is 7.11 Å². The Morgan fingerprint density at radius 3 is 1.62 bits per heavy atom. The number of hydrogen-bond donors (Lipinski definition) is 4. The Bertz CT molecular complexity index is 482. The van der Waals surface area contributed by atoms with Crippen LogP contribution in [0.1, 0.15) is 20.3 Å². The number of primary amides is 1. The fraction of sp³-hybridized carbons (Fsp3) is 0.294. The van der Waals surface area contributed by atoms with E-state index in [9.17, 15) is 19.2 Å². The van der Waals surface area contributed by atoms with Crippen LogP contribution in [0.3, 0.4) is 0 Å². The highest BCUT2D eigenvalue weighted by molar-refractivity contribution is 5.87. The van der Waals surface area contributed by atoms with Gasteiger partial charge in [0, 0.05) is 11.1 Å². The highest BCUT2D eigenvalue weighted by atomic mass is 16.5. The third-order valence-electron chi connectivity index (χ3n) is 1.90. The number of nitrogens with one attached hydrogen (secondary N) is 1. The number of carbonyl (C=O) groups is 4. The Balaban J connectivity index is -0.000000125. The largest absolute Gasteiger partial charge is 0.478 e. The molecule has 0 bridgehead atoms. The molecule has 0 aliphatic carbocycles. The Kier molecular flexibility index (Phi) is 25.7. The Morgan fingerprint density at radius 2 is 1.58 bits per heavy atom. The van der Waals surface area contributed by atoms with Gasteiger partial charge in [-0.1, -0.05) is 33.2 Å². The predicted molar refractivity (Wildman–Crippen MR) is 98.7 cm³/mol. The number of carboxylic acids is 1. The molecule has 0 aliphatic rings. The van der Waals surface area contributed by atoms with Gasteiger partial charge in [-0.25, -0.2) is 9.59 Å². The molecule has 148 valence electrons. The van der Waals surface area contributed by atoms with Crippen LogP contribution < -0.4 is 11.1 Å². The van der Waals surface area contributed by atoms with Gasteiger partial charge >= 0.3 is 11.9 Å². The summed E-state index contributed by atoms with van der Waals surface area (Å²) < 4.78 is 4.27. The summed E-state index contributed by atoms with van der Waals surface area (Å²) in [5, 5.41) is 18.2. The highest BCUT2D eigenvalue weighted by Crippen LogP contribution is 1.93. The molecule has 0 fully saturated rings. The quantitative estimate of drug-likeness (QED) is 0.303. The lowest BCUT2D eigenvalue weighted by Gasteiger charge is -1.91. The number of rotatable bonds is 6. The summed E-state index contributed by atoms with van der Waals surface area (Å²) in [6, 6.07) is 0. The molecular formula is C17H28N2O7. The second-order valence-electron chi connectivity index (χ2n) is 4.04. The van der Waals surface area contributed by atoms with Gasteiger partial charge in [-0.05, 0) is 25.5 Å². The van der Waals surface area contributed by atoms with Gasteiger partial charge in [0.15, 0.2) is 0 Å². The van der Waals surface area contributed by atoms with Gasteiger partial charge < -0.3 is 26.0 Å². The first-order valence-electron chi connectivity index (χ1n) is 7.02. The molecule has 0 heterocycles. The minimum atomic E-state index is -0.900. The number of aliphatic hydroxyl groups is 1. The molecule has 0 radical (unpaired) electrons. The minimum Gasteiger partial charge on any atom is -0.478 e. The Labute approximate surface area is 153 Å². The zero-order valence-electron chi connectivity index (χ0n) is 15.4. The van der Waals surface area contributed by atoms with Gasteiger partial charge in [0.25, 0.3) is 0 Å². The topological polar surface area (TPSA) is 156 Å². The SMILES string of the molecule is C=C(C)C(=O)OC.C=C(CC)C(=O)O.C=CC(=O)NCO.C=CC(N)=O. The second kappa shape index (κ2) is 21.8. The zero-order valence-corrected chi connectivity index (χ0v) is 15.4. The summed E-state index contributed by atoms with van der Waals surface area (Å²) in [5.41, 5.74) is 5.23. The number of esters is 1. The molecule has 0 spiro atoms. The zero-order chi connectivity index (χ0) is 21.7. The minimum absolute atomic E-state index is 0.264. The lowest BCUT2D eigenvalue weighted by atomic mass is 10.2. The van der Waals surface area contributed by atoms with Crippen molar-refractivity contribution in [3.05, 3.63) is 49.6 Å². The molecule has 0 aromatic carbocycles. The van der Waals surface area contributed by atoms with Crippen LogP contribution in [0.5, 0.6) is 0 Å². The van der Waals surface area contributed by atoms with Crippen molar-refractivity contribution in [2.45, 2.75) is 20.3 Å². The molecule has 0 aromatic rings. The van der Waals surface area contributed by atoms with Gasteiger partial charge in [-0.3, -0.25) is 9.59 Å². The van der Waals surface area contributed by atoms with E-state index >= 15 is 0 Å². The van der Waals surface area contributed by atoms with Crippen molar-refractivity contribution in [2.24, 2.45) is 5.73 Å².